The summed E-state index contributed by atoms with van der Waals surface area (Å²) >= 11 is 0. The minimum Gasteiger partial charge on any atom is -0.408 e. The van der Waals surface area contributed by atoms with E-state index in [1.807, 2.05) is 18.2 Å². The Morgan fingerprint density at radius 3 is 2.41 bits per heavy atom. The molecule has 7 nitrogen and oxygen atoms in total. The van der Waals surface area contributed by atoms with Crippen LogP contribution in [0.3, 0.4) is 0 Å². The van der Waals surface area contributed by atoms with Crippen LogP contribution in [0, 0.1) is 5.82 Å². The van der Waals surface area contributed by atoms with Crippen molar-refractivity contribution in [3.05, 3.63) is 64.9 Å². The Morgan fingerprint density at radius 2 is 1.70 bits per heavy atom. The molecule has 27 heavy (non-hydrogen) atoms. The molecule has 0 bridgehead atoms. The minimum absolute atomic E-state index is 0.0874. The fourth-order valence-electron chi connectivity index (χ4n) is 3.34. The van der Waals surface area contributed by atoms with Gasteiger partial charge < -0.3 is 9.32 Å². The van der Waals surface area contributed by atoms with Crippen molar-refractivity contribution in [1.82, 2.24) is 8.87 Å². The number of sulfonamides is 1. The Bertz CT molecular complexity index is 1110. The van der Waals surface area contributed by atoms with Gasteiger partial charge in [0.2, 0.25) is 10.0 Å². The average molecular weight is 392 g/mol. The third-order valence-corrected chi connectivity index (χ3v) is 6.75. The van der Waals surface area contributed by atoms with Crippen LogP contribution in [-0.2, 0) is 16.7 Å². The zero-order valence-electron chi connectivity index (χ0n) is 14.5. The van der Waals surface area contributed by atoms with E-state index in [2.05, 4.69) is 0 Å². The van der Waals surface area contributed by atoms with Crippen molar-refractivity contribution in [3.8, 4) is 0 Å². The normalized spacial score (nSPS) is 16.8. The quantitative estimate of drug-likeness (QED) is 0.692. The highest BCUT2D eigenvalue weighted by molar-refractivity contribution is 7.89. The molecule has 0 unspecified atom stereocenters. The summed E-state index contributed by atoms with van der Waals surface area (Å²) < 4.78 is 46.6. The van der Waals surface area contributed by atoms with Crippen molar-refractivity contribution in [3.63, 3.8) is 0 Å². The fourth-order valence-corrected chi connectivity index (χ4v) is 4.79. The molecule has 0 aliphatic carbocycles. The molecule has 0 atom stereocenters. The second-order valence-electron chi connectivity index (χ2n) is 6.53. The van der Waals surface area contributed by atoms with Crippen LogP contribution >= 0.6 is 0 Å². The molecule has 2 aromatic carbocycles. The summed E-state index contributed by atoms with van der Waals surface area (Å²) in [6, 6.07) is 12.1. The lowest BCUT2D eigenvalue weighted by Crippen LogP contribution is -3.14. The number of para-hydroxylation sites is 2. The fraction of sp³-hybridized carbons (Fsp3) is 0.278. The molecule has 3 aromatic rings. The van der Waals surface area contributed by atoms with Crippen LogP contribution in [0.2, 0.25) is 0 Å². The Hall–Kier alpha value is -2.49. The Morgan fingerprint density at radius 1 is 1.04 bits per heavy atom. The minimum atomic E-state index is -3.64. The molecule has 4 rings (SSSR count). The number of hydrogen-bond acceptors (Lipinski definition) is 4. The lowest BCUT2D eigenvalue weighted by Gasteiger charge is -2.31. The van der Waals surface area contributed by atoms with E-state index in [0.717, 1.165) is 22.5 Å². The highest BCUT2D eigenvalue weighted by atomic mass is 32.2. The van der Waals surface area contributed by atoms with E-state index >= 15 is 0 Å². The molecule has 1 aromatic heterocycles. The zero-order chi connectivity index (χ0) is 19.0. The molecule has 142 valence electrons. The van der Waals surface area contributed by atoms with E-state index in [-0.39, 0.29) is 4.90 Å². The standard InChI is InChI=1S/C18H18FN3O4S/c19-14-5-7-15(8-6-14)27(24,25)21-11-9-20(10-12-21)13-22-16-3-1-2-4-17(16)26-18(22)23/h1-8H,9-13H2/p+1. The largest absolute Gasteiger partial charge is 0.424 e. The molecule has 9 heteroatoms. The monoisotopic (exact) mass is 392 g/mol. The predicted octanol–water partition coefficient (Wildman–Crippen LogP) is 0.280. The lowest BCUT2D eigenvalue weighted by molar-refractivity contribution is -0.926. The van der Waals surface area contributed by atoms with E-state index in [4.69, 9.17) is 4.42 Å². The molecular weight excluding hydrogens is 373 g/mol. The highest BCUT2D eigenvalue weighted by Crippen LogP contribution is 2.16. The third-order valence-electron chi connectivity index (χ3n) is 4.84. The van der Waals surface area contributed by atoms with Crippen LogP contribution in [0.15, 0.2) is 62.6 Å². The van der Waals surface area contributed by atoms with Gasteiger partial charge in [0.15, 0.2) is 12.3 Å². The van der Waals surface area contributed by atoms with Crippen LogP contribution in [0.4, 0.5) is 4.39 Å². The number of benzene rings is 2. The molecule has 0 saturated carbocycles. The molecule has 1 aliphatic rings. The van der Waals surface area contributed by atoms with Gasteiger partial charge in [0.05, 0.1) is 36.6 Å². The van der Waals surface area contributed by atoms with E-state index in [1.54, 1.807) is 10.6 Å². The predicted molar refractivity (Wildman–Crippen MR) is 96.3 cm³/mol. The first kappa shape index (κ1) is 17.9. The Kier molecular flexibility index (Phi) is 4.58. The number of nitrogens with zero attached hydrogens (tertiary/aromatic N) is 2. The summed E-state index contributed by atoms with van der Waals surface area (Å²) in [5, 5.41) is 0. The molecule has 1 fully saturated rings. The molecule has 0 amide bonds. The van der Waals surface area contributed by atoms with Crippen LogP contribution in [0.25, 0.3) is 11.1 Å². The van der Waals surface area contributed by atoms with Crippen LogP contribution in [0.1, 0.15) is 0 Å². The topological polar surface area (TPSA) is 77.0 Å². The number of halogens is 1. The van der Waals surface area contributed by atoms with Gasteiger partial charge in [0, 0.05) is 0 Å². The second-order valence-corrected chi connectivity index (χ2v) is 8.47. The molecular formula is C18H19FN3O4S+. The van der Waals surface area contributed by atoms with E-state index in [1.165, 1.54) is 16.4 Å². The maximum Gasteiger partial charge on any atom is 0.424 e. The summed E-state index contributed by atoms with van der Waals surface area (Å²) in [6.07, 6.45) is 0. The summed E-state index contributed by atoms with van der Waals surface area (Å²) in [5.74, 6) is -0.883. The van der Waals surface area contributed by atoms with Gasteiger partial charge in [-0.05, 0) is 36.4 Å². The molecule has 1 aliphatic heterocycles. The first-order valence-corrected chi connectivity index (χ1v) is 10.1. The van der Waals surface area contributed by atoms with Crippen molar-refractivity contribution in [2.45, 2.75) is 11.6 Å². The second kappa shape index (κ2) is 6.91. The van der Waals surface area contributed by atoms with Gasteiger partial charge in [-0.15, -0.1) is 0 Å². The van der Waals surface area contributed by atoms with Crippen molar-refractivity contribution in [2.24, 2.45) is 0 Å². The number of rotatable bonds is 4. The SMILES string of the molecule is O=c1oc2ccccc2n1C[NH+]1CCN(S(=O)(=O)c2ccc(F)cc2)CC1. The molecule has 0 spiro atoms. The van der Waals surface area contributed by atoms with Crippen molar-refractivity contribution < 1.29 is 22.1 Å². The van der Waals surface area contributed by atoms with Crippen molar-refractivity contribution >= 4 is 21.1 Å². The van der Waals surface area contributed by atoms with Gasteiger partial charge in [0.1, 0.15) is 5.82 Å². The number of hydrogen-bond donors (Lipinski definition) is 1. The third kappa shape index (κ3) is 3.41. The first-order valence-electron chi connectivity index (χ1n) is 8.63. The van der Waals surface area contributed by atoms with Gasteiger partial charge >= 0.3 is 5.76 Å². The number of aromatic nitrogens is 1. The van der Waals surface area contributed by atoms with E-state index in [0.29, 0.717) is 38.4 Å². The number of oxazole rings is 1. The van der Waals surface area contributed by atoms with Gasteiger partial charge in [0.25, 0.3) is 0 Å². The molecule has 0 radical (unpaired) electrons. The van der Waals surface area contributed by atoms with Crippen LogP contribution in [0.5, 0.6) is 0 Å². The summed E-state index contributed by atoms with van der Waals surface area (Å²) in [6.45, 7) is 2.21. The van der Waals surface area contributed by atoms with Gasteiger partial charge in [-0.3, -0.25) is 0 Å². The maximum absolute atomic E-state index is 13.0. The lowest BCUT2D eigenvalue weighted by atomic mass is 10.3. The Labute approximate surface area is 155 Å². The smallest absolute Gasteiger partial charge is 0.408 e. The first-order chi connectivity index (χ1) is 12.9. The van der Waals surface area contributed by atoms with E-state index in [9.17, 15) is 17.6 Å². The summed E-state index contributed by atoms with van der Waals surface area (Å²) in [4.78, 5) is 13.3. The van der Waals surface area contributed by atoms with E-state index < -0.39 is 21.6 Å². The van der Waals surface area contributed by atoms with Crippen molar-refractivity contribution in [2.75, 3.05) is 26.2 Å². The number of piperazine rings is 1. The molecule has 1 N–H and O–H groups in total. The van der Waals surface area contributed by atoms with Gasteiger partial charge in [-0.2, -0.15) is 4.31 Å². The van der Waals surface area contributed by atoms with Gasteiger partial charge in [-0.25, -0.2) is 22.2 Å². The summed E-state index contributed by atoms with van der Waals surface area (Å²) in [5.41, 5.74) is 1.27. The van der Waals surface area contributed by atoms with Gasteiger partial charge in [-0.1, -0.05) is 12.1 Å². The Balaban J connectivity index is 1.46. The van der Waals surface area contributed by atoms with Crippen LogP contribution in [-0.4, -0.2) is 43.5 Å². The number of nitrogens with one attached hydrogen (secondary N) is 1. The van der Waals surface area contributed by atoms with Crippen molar-refractivity contribution in [1.29, 1.82) is 0 Å². The van der Waals surface area contributed by atoms with Crippen LogP contribution < -0.4 is 10.7 Å². The highest BCUT2D eigenvalue weighted by Gasteiger charge is 2.31. The molecule has 2 heterocycles. The average Bonchev–Trinajstić information content (AvgIpc) is 2.98. The molecule has 1 saturated heterocycles. The maximum atomic E-state index is 13.0. The number of quaternary nitrogens is 1. The zero-order valence-corrected chi connectivity index (χ0v) is 15.3. The summed E-state index contributed by atoms with van der Waals surface area (Å²) in [7, 11) is -3.64. The number of fused-ring (bicyclic) bond motifs is 1.